The van der Waals surface area contributed by atoms with Crippen LogP contribution >= 0.6 is 0 Å². The monoisotopic (exact) mass is 266 g/mol. The van der Waals surface area contributed by atoms with Crippen molar-refractivity contribution in [3.05, 3.63) is 53.8 Å². The van der Waals surface area contributed by atoms with E-state index in [4.69, 9.17) is 0 Å². The highest BCUT2D eigenvalue weighted by Crippen LogP contribution is 2.29. The quantitative estimate of drug-likeness (QED) is 0.831. The highest BCUT2D eigenvalue weighted by atomic mass is 15.0. The fourth-order valence-electron chi connectivity index (χ4n) is 2.80. The van der Waals surface area contributed by atoms with Crippen LogP contribution in [0.1, 0.15) is 25.8 Å². The molecule has 2 nitrogen and oxygen atoms in total. The van der Waals surface area contributed by atoms with Crippen LogP contribution in [0.3, 0.4) is 0 Å². The molecule has 0 fully saturated rings. The van der Waals surface area contributed by atoms with Crippen molar-refractivity contribution in [1.82, 2.24) is 9.88 Å². The van der Waals surface area contributed by atoms with E-state index in [-0.39, 0.29) is 0 Å². The average molecular weight is 266 g/mol. The molecule has 1 aromatic heterocycles. The molecule has 0 atom stereocenters. The Morgan fingerprint density at radius 2 is 2.15 bits per heavy atom. The Labute approximate surface area is 120 Å². The van der Waals surface area contributed by atoms with Crippen LogP contribution in [0.4, 0.5) is 0 Å². The number of para-hydroxylation sites is 1. The second-order valence-corrected chi connectivity index (χ2v) is 5.68. The predicted octanol–water partition coefficient (Wildman–Crippen LogP) is 3.98. The van der Waals surface area contributed by atoms with Gasteiger partial charge in [0.1, 0.15) is 0 Å². The van der Waals surface area contributed by atoms with Gasteiger partial charge >= 0.3 is 0 Å². The largest absolute Gasteiger partial charge is 0.343 e. The molecule has 1 aromatic carbocycles. The predicted molar refractivity (Wildman–Crippen MR) is 86.8 cm³/mol. The molecule has 2 heteroatoms. The third-order valence-electron chi connectivity index (χ3n) is 3.89. The summed E-state index contributed by atoms with van der Waals surface area (Å²) in [6.45, 7) is 7.33. The van der Waals surface area contributed by atoms with E-state index >= 15 is 0 Å². The van der Waals surface area contributed by atoms with Crippen molar-refractivity contribution in [1.29, 1.82) is 0 Å². The normalized spacial score (nSPS) is 15.2. The van der Waals surface area contributed by atoms with E-state index in [2.05, 4.69) is 66.3 Å². The summed E-state index contributed by atoms with van der Waals surface area (Å²) < 4.78 is 2.36. The van der Waals surface area contributed by atoms with Crippen molar-refractivity contribution in [3.8, 4) is 0 Å². The second-order valence-electron chi connectivity index (χ2n) is 5.68. The van der Waals surface area contributed by atoms with E-state index in [9.17, 15) is 0 Å². The molecule has 0 radical (unpaired) electrons. The summed E-state index contributed by atoms with van der Waals surface area (Å²) in [7, 11) is 0. The maximum absolute atomic E-state index is 3.39. The summed E-state index contributed by atoms with van der Waals surface area (Å²) in [5.41, 5.74) is 5.59. The summed E-state index contributed by atoms with van der Waals surface area (Å²) in [6, 6.07) is 8.73. The molecule has 0 aliphatic carbocycles. The topological polar surface area (TPSA) is 17.0 Å². The van der Waals surface area contributed by atoms with Crippen LogP contribution in [0.25, 0.3) is 16.5 Å². The summed E-state index contributed by atoms with van der Waals surface area (Å²) >= 11 is 0. The van der Waals surface area contributed by atoms with Crippen molar-refractivity contribution < 1.29 is 0 Å². The lowest BCUT2D eigenvalue weighted by molar-refractivity contribution is 0.738. The molecule has 1 aliphatic heterocycles. The highest BCUT2D eigenvalue weighted by Gasteiger charge is 2.12. The van der Waals surface area contributed by atoms with Crippen LogP contribution in [0.2, 0.25) is 0 Å². The van der Waals surface area contributed by atoms with Gasteiger partial charge in [-0.1, -0.05) is 35.9 Å². The van der Waals surface area contributed by atoms with Crippen LogP contribution in [0, 0.1) is 0 Å². The van der Waals surface area contributed by atoms with Gasteiger partial charge < -0.3 is 9.88 Å². The van der Waals surface area contributed by atoms with Gasteiger partial charge in [-0.15, -0.1) is 0 Å². The first-order valence-electron chi connectivity index (χ1n) is 7.37. The number of hydrogen-bond acceptors (Lipinski definition) is 1. The van der Waals surface area contributed by atoms with Crippen LogP contribution in [0.15, 0.2) is 48.2 Å². The number of fused-ring (bicyclic) bond motifs is 1. The zero-order chi connectivity index (χ0) is 13.9. The van der Waals surface area contributed by atoms with Crippen LogP contribution < -0.4 is 5.32 Å². The van der Waals surface area contributed by atoms with Crippen molar-refractivity contribution in [2.45, 2.75) is 26.8 Å². The molecular formula is C18H22N2. The number of rotatable bonds is 3. The van der Waals surface area contributed by atoms with Crippen molar-refractivity contribution in [3.63, 3.8) is 0 Å². The highest BCUT2D eigenvalue weighted by molar-refractivity contribution is 5.93. The van der Waals surface area contributed by atoms with Gasteiger partial charge in [0.2, 0.25) is 0 Å². The Bertz CT molecular complexity index is 670. The molecule has 1 aliphatic rings. The molecule has 1 N–H and O–H groups in total. The fourth-order valence-corrected chi connectivity index (χ4v) is 2.80. The first-order chi connectivity index (χ1) is 9.75. The third-order valence-corrected chi connectivity index (χ3v) is 3.89. The number of aromatic nitrogens is 1. The summed E-state index contributed by atoms with van der Waals surface area (Å²) in [6.07, 6.45) is 8.06. The molecule has 0 saturated carbocycles. The smallest absolute Gasteiger partial charge is 0.0489 e. The maximum Gasteiger partial charge on any atom is 0.0489 e. The minimum Gasteiger partial charge on any atom is -0.343 e. The van der Waals surface area contributed by atoms with Crippen LogP contribution in [0.5, 0.6) is 0 Å². The summed E-state index contributed by atoms with van der Waals surface area (Å²) in [5.74, 6) is 0. The fraction of sp³-hybridized carbons (Fsp3) is 0.333. The van der Waals surface area contributed by atoms with Gasteiger partial charge in [0, 0.05) is 35.8 Å². The Balaban J connectivity index is 2.08. The van der Waals surface area contributed by atoms with Crippen molar-refractivity contribution in [2.75, 3.05) is 13.1 Å². The minimum atomic E-state index is 0.953. The number of nitrogens with one attached hydrogen (secondary N) is 1. The molecule has 0 saturated heterocycles. The van der Waals surface area contributed by atoms with E-state index in [0.717, 1.165) is 26.1 Å². The first kappa shape index (κ1) is 13.2. The molecule has 2 aromatic rings. The number of benzene rings is 1. The standard InChI is InChI=1S/C18H22N2/c1-14(2)9-12-20-13-17(15-7-10-19-11-8-15)16-5-3-4-6-18(16)20/h3-7,9,13,19H,8,10-12H2,1-2H3. The van der Waals surface area contributed by atoms with Crippen molar-refractivity contribution >= 4 is 16.5 Å². The van der Waals surface area contributed by atoms with Gasteiger partial charge in [0.25, 0.3) is 0 Å². The SMILES string of the molecule is CC(C)=CCn1cc(C2=CCNCC2)c2ccccc21. The Morgan fingerprint density at radius 3 is 2.90 bits per heavy atom. The summed E-state index contributed by atoms with van der Waals surface area (Å²) in [5, 5.41) is 4.76. The van der Waals surface area contributed by atoms with Gasteiger partial charge in [-0.2, -0.15) is 0 Å². The van der Waals surface area contributed by atoms with Gasteiger partial charge in [-0.25, -0.2) is 0 Å². The lowest BCUT2D eigenvalue weighted by atomic mass is 10.00. The number of allylic oxidation sites excluding steroid dienone is 2. The Morgan fingerprint density at radius 1 is 1.30 bits per heavy atom. The molecule has 20 heavy (non-hydrogen) atoms. The van der Waals surface area contributed by atoms with E-state index < -0.39 is 0 Å². The summed E-state index contributed by atoms with van der Waals surface area (Å²) in [4.78, 5) is 0. The van der Waals surface area contributed by atoms with Crippen molar-refractivity contribution in [2.24, 2.45) is 0 Å². The molecular weight excluding hydrogens is 244 g/mol. The molecule has 0 amide bonds. The second kappa shape index (κ2) is 5.68. The zero-order valence-corrected chi connectivity index (χ0v) is 12.3. The molecule has 0 bridgehead atoms. The molecule has 104 valence electrons. The van der Waals surface area contributed by atoms with E-state index in [1.54, 1.807) is 0 Å². The van der Waals surface area contributed by atoms with E-state index in [1.807, 2.05) is 0 Å². The molecule has 0 spiro atoms. The van der Waals surface area contributed by atoms with Crippen LogP contribution in [-0.2, 0) is 6.54 Å². The number of hydrogen-bond donors (Lipinski definition) is 1. The van der Waals surface area contributed by atoms with E-state index in [1.165, 1.54) is 27.6 Å². The Kier molecular flexibility index (Phi) is 3.75. The van der Waals surface area contributed by atoms with Gasteiger partial charge in [-0.05, 0) is 38.5 Å². The molecule has 3 rings (SSSR count). The minimum absolute atomic E-state index is 0.953. The zero-order valence-electron chi connectivity index (χ0n) is 12.3. The van der Waals surface area contributed by atoms with E-state index in [0.29, 0.717) is 0 Å². The van der Waals surface area contributed by atoms with Crippen LogP contribution in [-0.4, -0.2) is 17.7 Å². The maximum atomic E-state index is 3.39. The Hall–Kier alpha value is -1.80. The van der Waals surface area contributed by atoms with Gasteiger partial charge in [0.15, 0.2) is 0 Å². The molecule has 0 unspecified atom stereocenters. The van der Waals surface area contributed by atoms with Gasteiger partial charge in [-0.3, -0.25) is 0 Å². The average Bonchev–Trinajstić information content (AvgIpc) is 2.85. The molecule has 2 heterocycles. The van der Waals surface area contributed by atoms with Gasteiger partial charge in [0.05, 0.1) is 0 Å². The number of nitrogens with zero attached hydrogens (tertiary/aromatic N) is 1. The lowest BCUT2D eigenvalue weighted by Gasteiger charge is -2.13. The lowest BCUT2D eigenvalue weighted by Crippen LogP contribution is -2.19. The third kappa shape index (κ3) is 2.56. The first-order valence-corrected chi connectivity index (χ1v) is 7.37.